The highest BCUT2D eigenvalue weighted by atomic mass is 32.2. The van der Waals surface area contributed by atoms with Gasteiger partial charge in [-0.3, -0.25) is 9.98 Å². The third-order valence-corrected chi connectivity index (χ3v) is 6.87. The molecule has 0 saturated carbocycles. The molecule has 5 rings (SSSR count). The summed E-state index contributed by atoms with van der Waals surface area (Å²) < 4.78 is 16.6. The molecule has 148 valence electrons. The van der Waals surface area contributed by atoms with Crippen LogP contribution in [0.25, 0.3) is 5.69 Å². The monoisotopic (exact) mass is 406 g/mol. The first-order valence-corrected chi connectivity index (χ1v) is 10.8. The Morgan fingerprint density at radius 1 is 1.10 bits per heavy atom. The molecule has 0 amide bonds. The number of pyridine rings is 1. The second-order valence-electron chi connectivity index (χ2n) is 7.75. The van der Waals surface area contributed by atoms with Gasteiger partial charge in [-0.2, -0.15) is 0 Å². The van der Waals surface area contributed by atoms with Crippen LogP contribution in [0, 0.1) is 19.7 Å². The molecule has 1 saturated heterocycles. The third kappa shape index (κ3) is 2.97. The van der Waals surface area contributed by atoms with Crippen LogP contribution >= 0.6 is 11.8 Å². The van der Waals surface area contributed by atoms with Crippen LogP contribution in [0.5, 0.6) is 0 Å². The minimum atomic E-state index is -0.212. The third-order valence-electron chi connectivity index (χ3n) is 5.76. The van der Waals surface area contributed by atoms with E-state index >= 15 is 0 Å². The molecule has 0 aliphatic carbocycles. The predicted molar refractivity (Wildman–Crippen MR) is 116 cm³/mol. The predicted octanol–water partition coefficient (Wildman–Crippen LogP) is 5.22. The number of aliphatic imine (C=N–C) groups is 1. The van der Waals surface area contributed by atoms with Gasteiger partial charge in [0, 0.05) is 29.4 Å². The van der Waals surface area contributed by atoms with Crippen LogP contribution in [0.3, 0.4) is 0 Å². The van der Waals surface area contributed by atoms with Crippen LogP contribution in [0.15, 0.2) is 59.7 Å². The highest BCUT2D eigenvalue weighted by Crippen LogP contribution is 2.48. The Bertz CT molecular complexity index is 1090. The summed E-state index contributed by atoms with van der Waals surface area (Å²) in [5.74, 6) is -0.212. The Hall–Kier alpha value is -2.60. The Labute approximate surface area is 174 Å². The van der Waals surface area contributed by atoms with Crippen molar-refractivity contribution >= 4 is 16.9 Å². The number of benzene rings is 1. The summed E-state index contributed by atoms with van der Waals surface area (Å²) in [6.45, 7) is 7.31. The first-order chi connectivity index (χ1) is 14.0. The second kappa shape index (κ2) is 7.02. The SMILES string of the molecule is Cc1cc([C@H]2[C@@H](c3ccccn3)N=C3S[C@@H](C)CN32)c(C)n1-c1ccccc1F. The summed E-state index contributed by atoms with van der Waals surface area (Å²) in [5, 5.41) is 1.60. The number of halogens is 1. The molecule has 1 aromatic carbocycles. The number of nitrogens with zero attached hydrogens (tertiary/aromatic N) is 4. The molecule has 0 radical (unpaired) electrons. The molecule has 0 spiro atoms. The van der Waals surface area contributed by atoms with Gasteiger partial charge in [-0.25, -0.2) is 4.39 Å². The molecular weight excluding hydrogens is 383 g/mol. The normalized spacial score (nSPS) is 23.4. The van der Waals surface area contributed by atoms with Crippen molar-refractivity contribution < 1.29 is 4.39 Å². The van der Waals surface area contributed by atoms with E-state index < -0.39 is 0 Å². The standard InChI is InChI=1S/C23H23FN4S/c1-14-12-17(16(3)28(14)20-10-5-4-8-18(20)24)22-21(19-9-6-7-11-25-19)26-23-27(22)13-15(2)29-23/h4-12,15,21-22H,13H2,1-3H3/t15-,21+,22-/m0/s1. The van der Waals surface area contributed by atoms with Crippen LogP contribution in [-0.4, -0.2) is 31.4 Å². The van der Waals surface area contributed by atoms with Gasteiger partial charge in [-0.15, -0.1) is 0 Å². The van der Waals surface area contributed by atoms with E-state index in [0.717, 1.165) is 28.8 Å². The van der Waals surface area contributed by atoms with E-state index in [1.165, 1.54) is 11.6 Å². The van der Waals surface area contributed by atoms with Crippen molar-refractivity contribution in [3.05, 3.63) is 83.2 Å². The maximum Gasteiger partial charge on any atom is 0.160 e. The highest BCUT2D eigenvalue weighted by Gasteiger charge is 2.44. The van der Waals surface area contributed by atoms with Gasteiger partial charge in [-0.1, -0.05) is 36.9 Å². The molecule has 6 heteroatoms. The molecule has 0 N–H and O–H groups in total. The summed E-state index contributed by atoms with van der Waals surface area (Å²) in [7, 11) is 0. The van der Waals surface area contributed by atoms with Gasteiger partial charge in [0.15, 0.2) is 5.17 Å². The second-order valence-corrected chi connectivity index (χ2v) is 9.16. The van der Waals surface area contributed by atoms with Crippen LogP contribution in [0.4, 0.5) is 4.39 Å². The van der Waals surface area contributed by atoms with Crippen molar-refractivity contribution in [2.24, 2.45) is 4.99 Å². The largest absolute Gasteiger partial charge is 0.341 e. The number of hydrogen-bond donors (Lipinski definition) is 0. The molecule has 4 heterocycles. The summed E-state index contributed by atoms with van der Waals surface area (Å²) in [6.07, 6.45) is 1.83. The fourth-order valence-corrected chi connectivity index (χ4v) is 5.64. The zero-order chi connectivity index (χ0) is 20.1. The van der Waals surface area contributed by atoms with Crippen molar-refractivity contribution in [1.82, 2.24) is 14.5 Å². The Morgan fingerprint density at radius 2 is 1.90 bits per heavy atom. The van der Waals surface area contributed by atoms with E-state index in [-0.39, 0.29) is 17.9 Å². The first-order valence-electron chi connectivity index (χ1n) is 9.90. The van der Waals surface area contributed by atoms with E-state index in [1.54, 1.807) is 6.07 Å². The zero-order valence-corrected chi connectivity index (χ0v) is 17.5. The molecular formula is C23H23FN4S. The lowest BCUT2D eigenvalue weighted by Gasteiger charge is -2.27. The van der Waals surface area contributed by atoms with Gasteiger partial charge in [0.1, 0.15) is 11.9 Å². The van der Waals surface area contributed by atoms with E-state index in [1.807, 2.05) is 59.8 Å². The molecule has 0 unspecified atom stereocenters. The molecule has 2 aliphatic rings. The van der Waals surface area contributed by atoms with E-state index in [2.05, 4.69) is 29.8 Å². The summed E-state index contributed by atoms with van der Waals surface area (Å²) in [4.78, 5) is 12.1. The van der Waals surface area contributed by atoms with Crippen LogP contribution in [0.2, 0.25) is 0 Å². The fraction of sp³-hybridized carbons (Fsp3) is 0.304. The number of aryl methyl sites for hydroxylation is 1. The highest BCUT2D eigenvalue weighted by molar-refractivity contribution is 8.14. The number of aromatic nitrogens is 2. The van der Waals surface area contributed by atoms with Crippen molar-refractivity contribution in [2.75, 3.05) is 6.54 Å². The molecule has 1 fully saturated rings. The van der Waals surface area contributed by atoms with E-state index in [0.29, 0.717) is 10.9 Å². The number of thioether (sulfide) groups is 1. The topological polar surface area (TPSA) is 33.4 Å². The lowest BCUT2D eigenvalue weighted by Crippen LogP contribution is -2.28. The Balaban J connectivity index is 1.64. The Kier molecular flexibility index (Phi) is 4.46. The lowest BCUT2D eigenvalue weighted by molar-refractivity contribution is 0.320. The average molecular weight is 407 g/mol. The molecule has 29 heavy (non-hydrogen) atoms. The summed E-state index contributed by atoms with van der Waals surface area (Å²) >= 11 is 1.83. The van der Waals surface area contributed by atoms with Gasteiger partial charge >= 0.3 is 0 Å². The minimum absolute atomic E-state index is 0.0548. The smallest absolute Gasteiger partial charge is 0.160 e. The summed E-state index contributed by atoms with van der Waals surface area (Å²) in [6, 6.07) is 15.2. The number of amidine groups is 1. The van der Waals surface area contributed by atoms with Gasteiger partial charge in [0.2, 0.25) is 0 Å². The zero-order valence-electron chi connectivity index (χ0n) is 16.7. The molecule has 3 atom stereocenters. The molecule has 3 aromatic rings. The van der Waals surface area contributed by atoms with Crippen molar-refractivity contribution in [3.8, 4) is 5.69 Å². The van der Waals surface area contributed by atoms with Crippen molar-refractivity contribution in [1.29, 1.82) is 0 Å². The fourth-order valence-electron chi connectivity index (χ4n) is 4.54. The van der Waals surface area contributed by atoms with Crippen LogP contribution in [-0.2, 0) is 0 Å². The minimum Gasteiger partial charge on any atom is -0.341 e. The average Bonchev–Trinajstić information content (AvgIpc) is 3.33. The van der Waals surface area contributed by atoms with Gasteiger partial charge < -0.3 is 9.47 Å². The number of hydrogen-bond acceptors (Lipinski definition) is 4. The van der Waals surface area contributed by atoms with Gasteiger partial charge in [0.05, 0.1) is 17.4 Å². The number of para-hydroxylation sites is 1. The van der Waals surface area contributed by atoms with Crippen molar-refractivity contribution in [2.45, 2.75) is 38.1 Å². The number of rotatable bonds is 3. The van der Waals surface area contributed by atoms with Gasteiger partial charge in [-0.05, 0) is 49.7 Å². The quantitative estimate of drug-likeness (QED) is 0.598. The number of fused-ring (bicyclic) bond motifs is 1. The maximum absolute atomic E-state index is 14.6. The van der Waals surface area contributed by atoms with Gasteiger partial charge in [0.25, 0.3) is 0 Å². The van der Waals surface area contributed by atoms with Crippen LogP contribution in [0.1, 0.15) is 41.7 Å². The summed E-state index contributed by atoms with van der Waals surface area (Å²) in [5.41, 5.74) is 4.83. The molecule has 4 nitrogen and oxygen atoms in total. The molecule has 0 bridgehead atoms. The van der Waals surface area contributed by atoms with E-state index in [9.17, 15) is 4.39 Å². The maximum atomic E-state index is 14.6. The van der Waals surface area contributed by atoms with Crippen molar-refractivity contribution in [3.63, 3.8) is 0 Å². The van der Waals surface area contributed by atoms with Crippen LogP contribution < -0.4 is 0 Å². The molecule has 2 aromatic heterocycles. The lowest BCUT2D eigenvalue weighted by atomic mass is 9.96. The molecule has 2 aliphatic heterocycles. The Morgan fingerprint density at radius 3 is 2.66 bits per heavy atom. The first kappa shape index (κ1) is 18.4. The van der Waals surface area contributed by atoms with E-state index in [4.69, 9.17) is 4.99 Å².